The quantitative estimate of drug-likeness (QED) is 0.784. The molecular formula is C19H19N3O2. The first-order chi connectivity index (χ1) is 11.8. The van der Waals surface area contributed by atoms with E-state index >= 15 is 0 Å². The van der Waals surface area contributed by atoms with Crippen LogP contribution in [0, 0.1) is 0 Å². The monoisotopic (exact) mass is 321 g/mol. The molecule has 2 aromatic heterocycles. The molecule has 3 aromatic rings. The Morgan fingerprint density at radius 3 is 2.92 bits per heavy atom. The number of carbonyl (C=O) groups excluding carboxylic acids is 1. The van der Waals surface area contributed by atoms with Crippen LogP contribution in [-0.4, -0.2) is 33.9 Å². The van der Waals surface area contributed by atoms with Gasteiger partial charge in [0.25, 0.3) is 5.91 Å². The third kappa shape index (κ3) is 2.62. The van der Waals surface area contributed by atoms with Crippen molar-refractivity contribution in [3.05, 3.63) is 59.9 Å². The Morgan fingerprint density at radius 1 is 1.29 bits per heavy atom. The minimum atomic E-state index is 0.0441. The molecule has 0 radical (unpaired) electrons. The van der Waals surface area contributed by atoms with Crippen molar-refractivity contribution in [2.75, 3.05) is 7.11 Å². The lowest BCUT2D eigenvalue weighted by Gasteiger charge is -2.23. The van der Waals surface area contributed by atoms with Gasteiger partial charge in [-0.15, -0.1) is 0 Å². The van der Waals surface area contributed by atoms with Gasteiger partial charge in [-0.05, 0) is 31.0 Å². The highest BCUT2D eigenvalue weighted by atomic mass is 16.5. The van der Waals surface area contributed by atoms with Gasteiger partial charge in [0, 0.05) is 35.9 Å². The molecule has 1 aliphatic rings. The van der Waals surface area contributed by atoms with Crippen LogP contribution in [-0.2, 0) is 6.54 Å². The van der Waals surface area contributed by atoms with Crippen LogP contribution in [0.4, 0.5) is 0 Å². The number of H-pyrrole nitrogens is 1. The maximum Gasteiger partial charge on any atom is 0.256 e. The molecule has 0 spiro atoms. The minimum Gasteiger partial charge on any atom is -0.496 e. The lowest BCUT2D eigenvalue weighted by molar-refractivity contribution is 0.0731. The number of nitrogens with one attached hydrogen (secondary N) is 1. The van der Waals surface area contributed by atoms with Crippen LogP contribution in [0.15, 0.2) is 48.8 Å². The Bertz CT molecular complexity index is 883. The number of para-hydroxylation sites is 1. The summed E-state index contributed by atoms with van der Waals surface area (Å²) in [5, 5.41) is 0.869. The largest absolute Gasteiger partial charge is 0.496 e. The highest BCUT2D eigenvalue weighted by molar-refractivity contribution is 6.06. The van der Waals surface area contributed by atoms with Crippen LogP contribution in [0.3, 0.4) is 0 Å². The molecule has 2 heterocycles. The summed E-state index contributed by atoms with van der Waals surface area (Å²) in [6.07, 6.45) is 5.60. The molecule has 0 bridgehead atoms. The predicted octanol–water partition coefficient (Wildman–Crippen LogP) is 3.38. The molecule has 5 heteroatoms. The fourth-order valence-electron chi connectivity index (χ4n) is 3.06. The van der Waals surface area contributed by atoms with Gasteiger partial charge in [-0.2, -0.15) is 0 Å². The number of methoxy groups -OCH3 is 1. The molecule has 24 heavy (non-hydrogen) atoms. The van der Waals surface area contributed by atoms with E-state index in [0.29, 0.717) is 18.2 Å². The third-order valence-electron chi connectivity index (χ3n) is 4.46. The van der Waals surface area contributed by atoms with E-state index < -0.39 is 0 Å². The smallest absolute Gasteiger partial charge is 0.256 e. The zero-order valence-electron chi connectivity index (χ0n) is 13.5. The topological polar surface area (TPSA) is 58.2 Å². The van der Waals surface area contributed by atoms with Crippen molar-refractivity contribution in [1.82, 2.24) is 14.9 Å². The molecule has 1 aliphatic carbocycles. The molecule has 5 nitrogen and oxygen atoms in total. The SMILES string of the molecule is COc1ccccc1CN(C(=O)c1c[nH]c2ncccc12)C1CC1. The van der Waals surface area contributed by atoms with Crippen molar-refractivity contribution in [1.29, 1.82) is 0 Å². The lowest BCUT2D eigenvalue weighted by Crippen LogP contribution is -2.32. The number of pyridine rings is 1. The first-order valence-electron chi connectivity index (χ1n) is 8.13. The second-order valence-electron chi connectivity index (χ2n) is 6.08. The van der Waals surface area contributed by atoms with Gasteiger partial charge in [-0.25, -0.2) is 4.98 Å². The van der Waals surface area contributed by atoms with E-state index in [2.05, 4.69) is 9.97 Å². The van der Waals surface area contributed by atoms with Crippen molar-refractivity contribution in [3.63, 3.8) is 0 Å². The van der Waals surface area contributed by atoms with Gasteiger partial charge < -0.3 is 14.6 Å². The molecule has 4 rings (SSSR count). The number of aromatic nitrogens is 2. The van der Waals surface area contributed by atoms with Gasteiger partial charge >= 0.3 is 0 Å². The van der Waals surface area contributed by atoms with Gasteiger partial charge in [0.15, 0.2) is 0 Å². The van der Waals surface area contributed by atoms with E-state index in [9.17, 15) is 4.79 Å². The highest BCUT2D eigenvalue weighted by Crippen LogP contribution is 2.32. The van der Waals surface area contributed by atoms with Gasteiger partial charge in [0.2, 0.25) is 0 Å². The van der Waals surface area contributed by atoms with Gasteiger partial charge in [0.05, 0.1) is 12.7 Å². The average molecular weight is 321 g/mol. The number of fused-ring (bicyclic) bond motifs is 1. The second-order valence-corrected chi connectivity index (χ2v) is 6.08. The van der Waals surface area contributed by atoms with E-state index in [1.165, 1.54) is 0 Å². The summed E-state index contributed by atoms with van der Waals surface area (Å²) >= 11 is 0. The molecule has 1 saturated carbocycles. The Hall–Kier alpha value is -2.82. The minimum absolute atomic E-state index is 0.0441. The maximum atomic E-state index is 13.1. The number of nitrogens with zero attached hydrogens (tertiary/aromatic N) is 2. The number of aromatic amines is 1. The van der Waals surface area contributed by atoms with Crippen LogP contribution in [0.1, 0.15) is 28.8 Å². The summed E-state index contributed by atoms with van der Waals surface area (Å²) in [4.78, 5) is 22.5. The first kappa shape index (κ1) is 14.8. The van der Waals surface area contributed by atoms with Crippen LogP contribution in [0.2, 0.25) is 0 Å². The summed E-state index contributed by atoms with van der Waals surface area (Å²) < 4.78 is 5.43. The molecule has 122 valence electrons. The van der Waals surface area contributed by atoms with Crippen LogP contribution < -0.4 is 4.74 Å². The molecule has 1 aromatic carbocycles. The lowest BCUT2D eigenvalue weighted by atomic mass is 10.1. The van der Waals surface area contributed by atoms with Crippen LogP contribution in [0.25, 0.3) is 11.0 Å². The van der Waals surface area contributed by atoms with Gasteiger partial charge in [0.1, 0.15) is 11.4 Å². The summed E-state index contributed by atoms with van der Waals surface area (Å²) in [7, 11) is 1.66. The summed E-state index contributed by atoms with van der Waals surface area (Å²) in [5.41, 5.74) is 2.45. The zero-order chi connectivity index (χ0) is 16.5. The fraction of sp³-hybridized carbons (Fsp3) is 0.263. The van der Waals surface area contributed by atoms with Crippen LogP contribution in [0.5, 0.6) is 5.75 Å². The fourth-order valence-corrected chi connectivity index (χ4v) is 3.06. The van der Waals surface area contributed by atoms with Crippen molar-refractivity contribution in [3.8, 4) is 5.75 Å². The molecule has 1 fully saturated rings. The summed E-state index contributed by atoms with van der Waals surface area (Å²) in [6.45, 7) is 0.556. The zero-order valence-corrected chi connectivity index (χ0v) is 13.5. The summed E-state index contributed by atoms with van der Waals surface area (Å²) in [6, 6.07) is 12.0. The molecule has 0 unspecified atom stereocenters. The summed E-state index contributed by atoms with van der Waals surface area (Å²) in [5.74, 6) is 0.860. The van der Waals surface area contributed by atoms with Crippen LogP contribution >= 0.6 is 0 Å². The second kappa shape index (κ2) is 6.00. The molecule has 0 aliphatic heterocycles. The third-order valence-corrected chi connectivity index (χ3v) is 4.46. The molecule has 1 N–H and O–H groups in total. The first-order valence-corrected chi connectivity index (χ1v) is 8.13. The van der Waals surface area contributed by atoms with E-state index in [4.69, 9.17) is 4.74 Å². The number of hydrogen-bond donors (Lipinski definition) is 1. The predicted molar refractivity (Wildman–Crippen MR) is 92.0 cm³/mol. The Morgan fingerprint density at radius 2 is 2.12 bits per heavy atom. The number of hydrogen-bond acceptors (Lipinski definition) is 3. The van der Waals surface area contributed by atoms with Crippen molar-refractivity contribution in [2.45, 2.75) is 25.4 Å². The standard InChI is InChI=1S/C19H19N3O2/c1-24-17-7-3-2-5-13(17)12-22(14-8-9-14)19(23)16-11-21-18-15(16)6-4-10-20-18/h2-7,10-11,14H,8-9,12H2,1H3,(H,20,21). The molecule has 0 saturated heterocycles. The van der Waals surface area contributed by atoms with E-state index in [1.54, 1.807) is 19.5 Å². The van der Waals surface area contributed by atoms with Crippen molar-refractivity contribution >= 4 is 16.9 Å². The van der Waals surface area contributed by atoms with Gasteiger partial charge in [-0.3, -0.25) is 4.79 Å². The molecule has 1 amide bonds. The van der Waals surface area contributed by atoms with E-state index in [-0.39, 0.29) is 5.91 Å². The number of rotatable bonds is 5. The molecular weight excluding hydrogens is 302 g/mol. The Balaban J connectivity index is 1.67. The average Bonchev–Trinajstić information content (AvgIpc) is 3.37. The number of amides is 1. The number of ether oxygens (including phenoxy) is 1. The van der Waals surface area contributed by atoms with Crippen molar-refractivity contribution in [2.24, 2.45) is 0 Å². The number of benzene rings is 1. The Kier molecular flexibility index (Phi) is 3.69. The number of carbonyl (C=O) groups is 1. The Labute approximate surface area is 140 Å². The van der Waals surface area contributed by atoms with E-state index in [0.717, 1.165) is 35.2 Å². The van der Waals surface area contributed by atoms with E-state index in [1.807, 2.05) is 41.3 Å². The maximum absolute atomic E-state index is 13.1. The highest BCUT2D eigenvalue weighted by Gasteiger charge is 2.34. The normalized spacial score (nSPS) is 13.9. The molecule has 0 atom stereocenters. The van der Waals surface area contributed by atoms with Crippen molar-refractivity contribution < 1.29 is 9.53 Å². The van der Waals surface area contributed by atoms with Gasteiger partial charge in [-0.1, -0.05) is 18.2 Å².